The highest BCUT2D eigenvalue weighted by Gasteiger charge is 2.33. The summed E-state index contributed by atoms with van der Waals surface area (Å²) in [6.07, 6.45) is 0. The van der Waals surface area contributed by atoms with E-state index in [0.717, 1.165) is 5.39 Å². The smallest absolute Gasteiger partial charge is 0.377 e. The predicted octanol–water partition coefficient (Wildman–Crippen LogP) is 3.41. The first kappa shape index (κ1) is 18.3. The number of esters is 2. The maximum Gasteiger partial charge on any atom is 0.377 e. The predicted molar refractivity (Wildman–Crippen MR) is 95.8 cm³/mol. The zero-order valence-corrected chi connectivity index (χ0v) is 14.9. The standard InChI is InChI=1S/C20H17NO6/c1-3-25-19(23)16-15(18(27-21-16)20(24)26-4-2)17(22)14-11-7-9-12-8-5-6-10-13(12)14/h5-11H,3-4H2,1-2H3. The third-order valence-electron chi connectivity index (χ3n) is 3.88. The van der Waals surface area contributed by atoms with Gasteiger partial charge in [0, 0.05) is 5.56 Å². The highest BCUT2D eigenvalue weighted by Crippen LogP contribution is 2.26. The van der Waals surface area contributed by atoms with E-state index in [0.29, 0.717) is 10.9 Å². The summed E-state index contributed by atoms with van der Waals surface area (Å²) in [6, 6.07) is 12.5. The number of rotatable bonds is 6. The lowest BCUT2D eigenvalue weighted by molar-refractivity contribution is 0.0470. The van der Waals surface area contributed by atoms with Crippen molar-refractivity contribution < 1.29 is 28.4 Å². The molecule has 1 heterocycles. The van der Waals surface area contributed by atoms with E-state index in [9.17, 15) is 14.4 Å². The Morgan fingerprint density at radius 1 is 0.926 bits per heavy atom. The van der Waals surface area contributed by atoms with Gasteiger partial charge in [0.25, 0.3) is 5.76 Å². The van der Waals surface area contributed by atoms with Crippen LogP contribution in [0.4, 0.5) is 0 Å². The average molecular weight is 367 g/mol. The molecule has 1 aromatic heterocycles. The van der Waals surface area contributed by atoms with Crippen LogP contribution in [0, 0.1) is 0 Å². The van der Waals surface area contributed by atoms with E-state index in [1.54, 1.807) is 38.1 Å². The Labute approximate surface area is 154 Å². The van der Waals surface area contributed by atoms with Crippen molar-refractivity contribution in [2.45, 2.75) is 13.8 Å². The van der Waals surface area contributed by atoms with Crippen LogP contribution in [0.15, 0.2) is 47.0 Å². The van der Waals surface area contributed by atoms with Crippen molar-refractivity contribution >= 4 is 28.5 Å². The minimum Gasteiger partial charge on any atom is -0.461 e. The Hall–Kier alpha value is -3.48. The Morgan fingerprint density at radius 3 is 2.33 bits per heavy atom. The number of fused-ring (bicyclic) bond motifs is 1. The monoisotopic (exact) mass is 367 g/mol. The average Bonchev–Trinajstić information content (AvgIpc) is 3.12. The third kappa shape index (κ3) is 3.44. The van der Waals surface area contributed by atoms with Gasteiger partial charge in [0.05, 0.1) is 13.2 Å². The summed E-state index contributed by atoms with van der Waals surface area (Å²) in [7, 11) is 0. The van der Waals surface area contributed by atoms with E-state index in [-0.39, 0.29) is 24.5 Å². The van der Waals surface area contributed by atoms with E-state index in [4.69, 9.17) is 14.0 Å². The van der Waals surface area contributed by atoms with Crippen LogP contribution >= 0.6 is 0 Å². The lowest BCUT2D eigenvalue weighted by Crippen LogP contribution is -2.16. The molecule has 0 aliphatic carbocycles. The molecule has 0 unspecified atom stereocenters. The van der Waals surface area contributed by atoms with Gasteiger partial charge in [-0.2, -0.15) is 0 Å². The summed E-state index contributed by atoms with van der Waals surface area (Å²) in [5, 5.41) is 5.11. The topological polar surface area (TPSA) is 95.7 Å². The largest absolute Gasteiger partial charge is 0.461 e. The summed E-state index contributed by atoms with van der Waals surface area (Å²) in [5.41, 5.74) is -0.298. The minimum absolute atomic E-state index is 0.0795. The van der Waals surface area contributed by atoms with Crippen molar-refractivity contribution in [3.8, 4) is 0 Å². The molecule has 138 valence electrons. The van der Waals surface area contributed by atoms with Gasteiger partial charge in [0.15, 0.2) is 5.78 Å². The summed E-state index contributed by atoms with van der Waals surface area (Å²) in [4.78, 5) is 37.7. The molecule has 27 heavy (non-hydrogen) atoms. The second-order valence-corrected chi connectivity index (χ2v) is 5.53. The third-order valence-corrected chi connectivity index (χ3v) is 3.88. The quantitative estimate of drug-likeness (QED) is 0.486. The molecule has 0 bridgehead atoms. The van der Waals surface area contributed by atoms with Crippen molar-refractivity contribution in [3.63, 3.8) is 0 Å². The van der Waals surface area contributed by atoms with E-state index >= 15 is 0 Å². The number of aromatic nitrogens is 1. The molecule has 7 nitrogen and oxygen atoms in total. The molecule has 0 atom stereocenters. The maximum atomic E-state index is 13.3. The highest BCUT2D eigenvalue weighted by molar-refractivity contribution is 6.22. The zero-order valence-electron chi connectivity index (χ0n) is 14.9. The van der Waals surface area contributed by atoms with Crippen LogP contribution in [0.3, 0.4) is 0 Å². The van der Waals surface area contributed by atoms with E-state index < -0.39 is 23.5 Å². The summed E-state index contributed by atoms with van der Waals surface area (Å²) >= 11 is 0. The minimum atomic E-state index is -0.871. The molecule has 0 saturated heterocycles. The van der Waals surface area contributed by atoms with Crippen LogP contribution in [0.2, 0.25) is 0 Å². The lowest BCUT2D eigenvalue weighted by Gasteiger charge is -2.07. The number of hydrogen-bond acceptors (Lipinski definition) is 7. The molecular weight excluding hydrogens is 350 g/mol. The van der Waals surface area contributed by atoms with Gasteiger partial charge >= 0.3 is 11.9 Å². The van der Waals surface area contributed by atoms with Gasteiger partial charge in [0.1, 0.15) is 5.56 Å². The number of benzene rings is 2. The van der Waals surface area contributed by atoms with Crippen molar-refractivity contribution in [2.75, 3.05) is 13.2 Å². The van der Waals surface area contributed by atoms with E-state index in [1.807, 2.05) is 18.2 Å². The lowest BCUT2D eigenvalue weighted by atomic mass is 9.96. The van der Waals surface area contributed by atoms with Gasteiger partial charge in [-0.05, 0) is 24.6 Å². The van der Waals surface area contributed by atoms with Crippen LogP contribution in [0.25, 0.3) is 10.8 Å². The molecule has 3 rings (SSSR count). The Balaban J connectivity index is 2.18. The summed E-state index contributed by atoms with van der Waals surface area (Å²) in [5.74, 6) is -2.71. The van der Waals surface area contributed by atoms with Crippen molar-refractivity contribution in [1.82, 2.24) is 5.16 Å². The van der Waals surface area contributed by atoms with Crippen LogP contribution in [-0.2, 0) is 9.47 Å². The van der Waals surface area contributed by atoms with Gasteiger partial charge in [0.2, 0.25) is 5.69 Å². The van der Waals surface area contributed by atoms with Gasteiger partial charge in [-0.1, -0.05) is 47.6 Å². The Kier molecular flexibility index (Phi) is 5.30. The molecule has 7 heteroatoms. The number of ketones is 1. The van der Waals surface area contributed by atoms with Gasteiger partial charge < -0.3 is 14.0 Å². The van der Waals surface area contributed by atoms with Crippen LogP contribution in [0.1, 0.15) is 50.8 Å². The van der Waals surface area contributed by atoms with Gasteiger partial charge in [-0.3, -0.25) is 4.79 Å². The van der Waals surface area contributed by atoms with Crippen molar-refractivity contribution in [3.05, 3.63) is 65.0 Å². The molecule has 2 aromatic carbocycles. The van der Waals surface area contributed by atoms with Gasteiger partial charge in [-0.25, -0.2) is 9.59 Å². The second kappa shape index (κ2) is 7.82. The molecule has 0 N–H and O–H groups in total. The molecule has 0 spiro atoms. The van der Waals surface area contributed by atoms with Crippen LogP contribution < -0.4 is 0 Å². The first-order chi connectivity index (χ1) is 13.1. The zero-order chi connectivity index (χ0) is 19.4. The molecule has 0 saturated carbocycles. The van der Waals surface area contributed by atoms with E-state index in [2.05, 4.69) is 5.16 Å². The number of carbonyl (C=O) groups is 3. The first-order valence-corrected chi connectivity index (χ1v) is 8.44. The SMILES string of the molecule is CCOC(=O)c1noc(C(=O)OCC)c1C(=O)c1cccc2ccccc12. The van der Waals surface area contributed by atoms with Gasteiger partial charge in [-0.15, -0.1) is 0 Å². The van der Waals surface area contributed by atoms with Crippen molar-refractivity contribution in [1.29, 1.82) is 0 Å². The van der Waals surface area contributed by atoms with Crippen molar-refractivity contribution in [2.24, 2.45) is 0 Å². The molecule has 0 radical (unpaired) electrons. The fourth-order valence-electron chi connectivity index (χ4n) is 2.73. The molecule has 0 fully saturated rings. The summed E-state index contributed by atoms with van der Waals surface area (Å²) < 4.78 is 14.8. The second-order valence-electron chi connectivity index (χ2n) is 5.53. The Morgan fingerprint density at radius 2 is 1.59 bits per heavy atom. The fraction of sp³-hybridized carbons (Fsp3) is 0.200. The molecule has 0 amide bonds. The summed E-state index contributed by atoms with van der Waals surface area (Å²) in [6.45, 7) is 3.40. The normalized spacial score (nSPS) is 10.6. The number of carbonyl (C=O) groups excluding carboxylic acids is 3. The number of nitrogens with zero attached hydrogens (tertiary/aromatic N) is 1. The molecule has 0 aliphatic heterocycles. The molecule has 0 aliphatic rings. The van der Waals surface area contributed by atoms with Crippen LogP contribution in [0.5, 0.6) is 0 Å². The number of ether oxygens (including phenoxy) is 2. The Bertz CT molecular complexity index is 979. The number of hydrogen-bond donors (Lipinski definition) is 0. The van der Waals surface area contributed by atoms with Crippen LogP contribution in [-0.4, -0.2) is 36.1 Å². The molecular formula is C20H17NO6. The maximum absolute atomic E-state index is 13.3. The van der Waals surface area contributed by atoms with E-state index in [1.165, 1.54) is 0 Å². The first-order valence-electron chi connectivity index (χ1n) is 8.44. The molecule has 3 aromatic rings. The fourth-order valence-corrected chi connectivity index (χ4v) is 2.73. The highest BCUT2D eigenvalue weighted by atomic mass is 16.6.